The number of carbonyl (C=O) groups is 1. The Morgan fingerprint density at radius 2 is 1.81 bits per heavy atom. The third-order valence-corrected chi connectivity index (χ3v) is 6.04. The highest BCUT2D eigenvalue weighted by molar-refractivity contribution is 7.89. The van der Waals surface area contributed by atoms with Gasteiger partial charge in [-0.25, -0.2) is 17.5 Å². The van der Waals surface area contributed by atoms with E-state index in [4.69, 9.17) is 4.74 Å². The molecule has 0 spiro atoms. The molecule has 6 nitrogen and oxygen atoms in total. The maximum absolute atomic E-state index is 13.4. The smallest absolute Gasteiger partial charge is 0.255 e. The van der Waals surface area contributed by atoms with Gasteiger partial charge in [0, 0.05) is 11.3 Å². The van der Waals surface area contributed by atoms with Crippen LogP contribution in [0, 0.1) is 19.7 Å². The topological polar surface area (TPSA) is 84.5 Å². The van der Waals surface area contributed by atoms with Crippen molar-refractivity contribution in [1.29, 1.82) is 0 Å². The van der Waals surface area contributed by atoms with Crippen LogP contribution in [0.4, 0.5) is 10.1 Å². The van der Waals surface area contributed by atoms with E-state index in [9.17, 15) is 17.6 Å². The summed E-state index contributed by atoms with van der Waals surface area (Å²) >= 11 is 0. The number of hydrogen-bond donors (Lipinski definition) is 2. The quantitative estimate of drug-likeness (QED) is 0.820. The molecule has 0 saturated carbocycles. The van der Waals surface area contributed by atoms with Gasteiger partial charge in [-0.05, 0) is 62.2 Å². The molecule has 0 aromatic heterocycles. The third kappa shape index (κ3) is 4.18. The first-order chi connectivity index (χ1) is 12.6. The fourth-order valence-electron chi connectivity index (χ4n) is 2.78. The van der Waals surface area contributed by atoms with Crippen LogP contribution in [0.15, 0.2) is 41.3 Å². The van der Waals surface area contributed by atoms with Crippen molar-refractivity contribution < 1.29 is 22.3 Å². The van der Waals surface area contributed by atoms with E-state index in [1.807, 2.05) is 0 Å². The molecule has 0 bridgehead atoms. The molecule has 0 unspecified atom stereocenters. The Bertz CT molecular complexity index is 1000. The first-order valence-electron chi connectivity index (χ1n) is 8.40. The molecule has 0 radical (unpaired) electrons. The summed E-state index contributed by atoms with van der Waals surface area (Å²) in [7, 11) is -3.80. The monoisotopic (exact) mass is 392 g/mol. The predicted molar refractivity (Wildman–Crippen MR) is 99.8 cm³/mol. The van der Waals surface area contributed by atoms with Gasteiger partial charge in [0.2, 0.25) is 10.0 Å². The van der Waals surface area contributed by atoms with E-state index in [-0.39, 0.29) is 16.3 Å². The lowest BCUT2D eigenvalue weighted by atomic mass is 10.0. The number of benzene rings is 2. The third-order valence-electron chi connectivity index (χ3n) is 4.40. The molecule has 2 aromatic rings. The standard InChI is InChI=1S/C19H21FN2O4S/c1-12-4-6-15(27(24,25)22-19(3)10-26-11-19)9-16(12)18(23)21-14-5-7-17(20)13(2)8-14/h4-9,22H,10-11H2,1-3H3,(H,21,23). The molecule has 1 amide bonds. The molecular formula is C19H21FN2O4S. The van der Waals surface area contributed by atoms with Gasteiger partial charge in [-0.3, -0.25) is 4.79 Å². The fraction of sp³-hybridized carbons (Fsp3) is 0.316. The number of carbonyl (C=O) groups excluding carboxylic acids is 1. The first kappa shape index (κ1) is 19.5. The predicted octanol–water partition coefficient (Wildman–Crippen LogP) is 2.76. The number of aryl methyl sites for hydroxylation is 2. The zero-order valence-electron chi connectivity index (χ0n) is 15.3. The minimum absolute atomic E-state index is 0.00154. The van der Waals surface area contributed by atoms with E-state index in [1.165, 1.54) is 30.3 Å². The maximum Gasteiger partial charge on any atom is 0.255 e. The van der Waals surface area contributed by atoms with Gasteiger partial charge in [0.25, 0.3) is 5.91 Å². The molecule has 1 aliphatic heterocycles. The second-order valence-electron chi connectivity index (χ2n) is 7.05. The fourth-order valence-corrected chi connectivity index (χ4v) is 4.19. The lowest BCUT2D eigenvalue weighted by Crippen LogP contribution is -2.59. The highest BCUT2D eigenvalue weighted by atomic mass is 32.2. The molecule has 2 aromatic carbocycles. The zero-order chi connectivity index (χ0) is 19.8. The Morgan fingerprint density at radius 1 is 1.11 bits per heavy atom. The first-order valence-corrected chi connectivity index (χ1v) is 9.88. The van der Waals surface area contributed by atoms with Crippen molar-refractivity contribution in [2.24, 2.45) is 0 Å². The molecule has 144 valence electrons. The van der Waals surface area contributed by atoms with Crippen LogP contribution in [0.25, 0.3) is 0 Å². The second-order valence-corrected chi connectivity index (χ2v) is 8.74. The Kier molecular flexibility index (Phi) is 5.07. The number of rotatable bonds is 5. The van der Waals surface area contributed by atoms with E-state index in [2.05, 4.69) is 10.0 Å². The molecule has 1 aliphatic rings. The van der Waals surface area contributed by atoms with Gasteiger partial charge in [0.1, 0.15) is 5.82 Å². The van der Waals surface area contributed by atoms with Crippen LogP contribution >= 0.6 is 0 Å². The van der Waals surface area contributed by atoms with Crippen LogP contribution in [0.5, 0.6) is 0 Å². The van der Waals surface area contributed by atoms with Crippen molar-refractivity contribution in [2.75, 3.05) is 18.5 Å². The summed E-state index contributed by atoms with van der Waals surface area (Å²) in [5, 5.41) is 2.68. The lowest BCUT2D eigenvalue weighted by Gasteiger charge is -2.38. The Hall–Kier alpha value is -2.29. The average molecular weight is 392 g/mol. The summed E-state index contributed by atoms with van der Waals surface area (Å²) in [4.78, 5) is 12.6. The van der Waals surface area contributed by atoms with E-state index in [0.29, 0.717) is 30.0 Å². The maximum atomic E-state index is 13.4. The number of hydrogen-bond acceptors (Lipinski definition) is 4. The summed E-state index contributed by atoms with van der Waals surface area (Å²) in [6.07, 6.45) is 0. The normalized spacial score (nSPS) is 15.9. The number of sulfonamides is 1. The van der Waals surface area contributed by atoms with Gasteiger partial charge < -0.3 is 10.1 Å². The van der Waals surface area contributed by atoms with E-state index in [0.717, 1.165) is 0 Å². The Balaban J connectivity index is 1.86. The Morgan fingerprint density at radius 3 is 2.41 bits per heavy atom. The SMILES string of the molecule is Cc1cc(NC(=O)c2cc(S(=O)(=O)NC3(C)COC3)ccc2C)ccc1F. The van der Waals surface area contributed by atoms with Gasteiger partial charge >= 0.3 is 0 Å². The number of amides is 1. The van der Waals surface area contributed by atoms with Crippen molar-refractivity contribution in [2.45, 2.75) is 31.2 Å². The van der Waals surface area contributed by atoms with E-state index < -0.39 is 21.5 Å². The molecule has 27 heavy (non-hydrogen) atoms. The van der Waals surface area contributed by atoms with Crippen molar-refractivity contribution in [3.63, 3.8) is 0 Å². The second kappa shape index (κ2) is 7.03. The van der Waals surface area contributed by atoms with Crippen molar-refractivity contribution in [1.82, 2.24) is 4.72 Å². The summed E-state index contributed by atoms with van der Waals surface area (Å²) in [6, 6.07) is 8.62. The highest BCUT2D eigenvalue weighted by Gasteiger charge is 2.38. The van der Waals surface area contributed by atoms with Crippen LogP contribution in [-0.2, 0) is 14.8 Å². The molecule has 1 saturated heterocycles. The van der Waals surface area contributed by atoms with Crippen molar-refractivity contribution >= 4 is 21.6 Å². The number of anilines is 1. The molecule has 0 aliphatic carbocycles. The molecule has 1 fully saturated rings. The minimum Gasteiger partial charge on any atom is -0.377 e. The van der Waals surface area contributed by atoms with Gasteiger partial charge in [-0.1, -0.05) is 6.07 Å². The summed E-state index contributed by atoms with van der Waals surface area (Å²) in [5.41, 5.74) is 1.06. The summed E-state index contributed by atoms with van der Waals surface area (Å²) in [5.74, 6) is -0.828. The van der Waals surface area contributed by atoms with Crippen LogP contribution in [-0.4, -0.2) is 33.1 Å². The summed E-state index contributed by atoms with van der Waals surface area (Å²) in [6.45, 7) is 5.67. The van der Waals surface area contributed by atoms with Crippen LogP contribution < -0.4 is 10.0 Å². The molecule has 0 atom stereocenters. The molecule has 2 N–H and O–H groups in total. The summed E-state index contributed by atoms with van der Waals surface area (Å²) < 4.78 is 46.3. The lowest BCUT2D eigenvalue weighted by molar-refractivity contribution is -0.0523. The largest absolute Gasteiger partial charge is 0.377 e. The van der Waals surface area contributed by atoms with Gasteiger partial charge in [-0.2, -0.15) is 0 Å². The minimum atomic E-state index is -3.80. The van der Waals surface area contributed by atoms with Crippen LogP contribution in [0.1, 0.15) is 28.4 Å². The number of halogens is 1. The van der Waals surface area contributed by atoms with Crippen molar-refractivity contribution in [3.8, 4) is 0 Å². The Labute approximate surface area is 157 Å². The van der Waals surface area contributed by atoms with Gasteiger partial charge in [0.15, 0.2) is 0 Å². The number of nitrogens with one attached hydrogen (secondary N) is 2. The number of ether oxygens (including phenoxy) is 1. The van der Waals surface area contributed by atoms with Crippen LogP contribution in [0.3, 0.4) is 0 Å². The van der Waals surface area contributed by atoms with Gasteiger partial charge in [-0.15, -0.1) is 0 Å². The molecule has 1 heterocycles. The van der Waals surface area contributed by atoms with Crippen LogP contribution in [0.2, 0.25) is 0 Å². The average Bonchev–Trinajstić information content (AvgIpc) is 2.56. The van der Waals surface area contributed by atoms with Crippen molar-refractivity contribution in [3.05, 3.63) is 58.9 Å². The molecule has 8 heteroatoms. The van der Waals surface area contributed by atoms with E-state index >= 15 is 0 Å². The van der Waals surface area contributed by atoms with E-state index in [1.54, 1.807) is 26.8 Å². The molecule has 3 rings (SSSR count). The zero-order valence-corrected chi connectivity index (χ0v) is 16.1. The highest BCUT2D eigenvalue weighted by Crippen LogP contribution is 2.22. The van der Waals surface area contributed by atoms with Gasteiger partial charge in [0.05, 0.1) is 23.6 Å². The molecular weight excluding hydrogens is 371 g/mol.